The van der Waals surface area contributed by atoms with E-state index in [1.165, 1.54) is 18.3 Å². The number of nitrogens with zero attached hydrogens (tertiary/aromatic N) is 4. The van der Waals surface area contributed by atoms with E-state index in [1.54, 1.807) is 6.08 Å². The molecular weight excluding hydrogens is 378 g/mol. The predicted octanol–water partition coefficient (Wildman–Crippen LogP) is 4.10. The molecule has 3 rings (SSSR count). The smallest absolute Gasteiger partial charge is 0.304 e. The van der Waals surface area contributed by atoms with Crippen molar-refractivity contribution in [2.45, 2.75) is 20.4 Å². The lowest BCUT2D eigenvalue weighted by molar-refractivity contribution is -0.386. The maximum Gasteiger partial charge on any atom is 0.334 e. The maximum absolute atomic E-state index is 14.2. The molecule has 0 N–H and O–H groups in total. The largest absolute Gasteiger partial charge is 0.334 e. The van der Waals surface area contributed by atoms with Gasteiger partial charge in [-0.2, -0.15) is 0 Å². The second-order valence-electron chi connectivity index (χ2n) is 6.06. The molecule has 0 saturated heterocycles. The summed E-state index contributed by atoms with van der Waals surface area (Å²) >= 11 is -0.151. The van der Waals surface area contributed by atoms with Crippen LogP contribution in [0.3, 0.4) is 0 Å². The number of hydrogen-bond acceptors (Lipinski definition) is 5. The van der Waals surface area contributed by atoms with Crippen LogP contribution in [0.15, 0.2) is 41.0 Å². The summed E-state index contributed by atoms with van der Waals surface area (Å²) in [6, 6.07) is 3.85. The third-order valence-corrected chi connectivity index (χ3v) is 4.43. The van der Waals surface area contributed by atoms with Crippen LogP contribution in [-0.2, 0) is 6.54 Å². The molecule has 0 unspecified atom stereocenters. The van der Waals surface area contributed by atoms with Crippen LogP contribution in [0.5, 0.6) is 0 Å². The van der Waals surface area contributed by atoms with Gasteiger partial charge in [0.2, 0.25) is 0 Å². The summed E-state index contributed by atoms with van der Waals surface area (Å²) in [6.07, 6.45) is 4.09. The number of rotatable bonds is 5. The van der Waals surface area contributed by atoms with Gasteiger partial charge in [0.15, 0.2) is 18.2 Å². The van der Waals surface area contributed by atoms with Gasteiger partial charge < -0.3 is 4.57 Å². The van der Waals surface area contributed by atoms with E-state index in [-0.39, 0.29) is 35.5 Å². The monoisotopic (exact) mass is 392 g/mol. The van der Waals surface area contributed by atoms with Crippen LogP contribution >= 0.6 is 12.3 Å². The summed E-state index contributed by atoms with van der Waals surface area (Å²) in [5, 5.41) is 11.1. The Labute approximate surface area is 156 Å². The zero-order valence-electron chi connectivity index (χ0n) is 14.3. The molecule has 0 aromatic carbocycles. The zero-order valence-corrected chi connectivity index (χ0v) is 15.2. The molecule has 3 aromatic heterocycles. The lowest BCUT2D eigenvalue weighted by Gasteiger charge is -2.08. The quantitative estimate of drug-likeness (QED) is 0.482. The lowest BCUT2D eigenvalue weighted by atomic mass is 10.2. The zero-order chi connectivity index (χ0) is 19.7. The average molecular weight is 392 g/mol. The Morgan fingerprint density at radius 2 is 2.19 bits per heavy atom. The standard InChI is InChI=1S/C17H14F2N4O3S/c1-10(2)6-14-16-12(13(18)8-20-14)7-11(22(16)27-19)9-21-5-3-4-15(17(21)24)23(25)26/h3-8H,9H2,1-2H3. The number of hydrogen-bond donors (Lipinski definition) is 0. The van der Waals surface area contributed by atoms with Gasteiger partial charge in [0.05, 0.1) is 34.6 Å². The van der Waals surface area contributed by atoms with Gasteiger partial charge in [0.25, 0.3) is 0 Å². The van der Waals surface area contributed by atoms with Crippen molar-refractivity contribution in [2.24, 2.45) is 0 Å². The van der Waals surface area contributed by atoms with Crippen LogP contribution in [0.4, 0.5) is 14.0 Å². The second-order valence-corrected chi connectivity index (χ2v) is 6.56. The normalized spacial score (nSPS) is 11.0. The molecule has 0 radical (unpaired) electrons. The predicted molar refractivity (Wildman–Crippen MR) is 99.6 cm³/mol. The summed E-state index contributed by atoms with van der Waals surface area (Å²) in [5.41, 5.74) is 0.350. The SMILES string of the molecule is CC(C)=Cc1ncc(F)c2cc(Cn3cccc([N+](=O)[O-])c3=O)n(SF)c12. The first kappa shape index (κ1) is 18.8. The van der Waals surface area contributed by atoms with Gasteiger partial charge >= 0.3 is 11.2 Å². The highest BCUT2D eigenvalue weighted by Crippen LogP contribution is 2.30. The summed E-state index contributed by atoms with van der Waals surface area (Å²) in [4.78, 5) is 26.4. The van der Waals surface area contributed by atoms with Gasteiger partial charge in [-0.1, -0.05) is 5.57 Å². The van der Waals surface area contributed by atoms with Crippen LogP contribution in [0.1, 0.15) is 25.2 Å². The third-order valence-electron chi connectivity index (χ3n) is 3.87. The van der Waals surface area contributed by atoms with Crippen molar-refractivity contribution in [1.82, 2.24) is 13.5 Å². The minimum Gasteiger partial charge on any atom is -0.304 e. The molecule has 7 nitrogen and oxygen atoms in total. The van der Waals surface area contributed by atoms with E-state index in [0.717, 1.165) is 26.4 Å². The van der Waals surface area contributed by atoms with E-state index in [0.29, 0.717) is 5.69 Å². The van der Waals surface area contributed by atoms with Crippen molar-refractivity contribution in [3.63, 3.8) is 0 Å². The fourth-order valence-corrected chi connectivity index (χ4v) is 3.22. The molecule has 0 aliphatic carbocycles. The van der Waals surface area contributed by atoms with E-state index in [1.807, 2.05) is 13.8 Å². The first-order valence-corrected chi connectivity index (χ1v) is 8.47. The first-order chi connectivity index (χ1) is 12.8. The molecule has 10 heteroatoms. The van der Waals surface area contributed by atoms with E-state index in [2.05, 4.69) is 4.98 Å². The molecule has 0 aliphatic heterocycles. The van der Waals surface area contributed by atoms with Crippen LogP contribution < -0.4 is 5.56 Å². The molecule has 0 aliphatic rings. The first-order valence-electron chi connectivity index (χ1n) is 7.80. The Morgan fingerprint density at radius 3 is 2.81 bits per heavy atom. The van der Waals surface area contributed by atoms with Crippen LogP contribution in [0, 0.1) is 15.9 Å². The minimum atomic E-state index is -0.828. The Kier molecular flexibility index (Phi) is 5.08. The molecule has 140 valence electrons. The highest BCUT2D eigenvalue weighted by molar-refractivity contribution is 7.93. The van der Waals surface area contributed by atoms with Crippen molar-refractivity contribution in [3.8, 4) is 0 Å². The van der Waals surface area contributed by atoms with Crippen molar-refractivity contribution < 1.29 is 13.2 Å². The van der Waals surface area contributed by atoms with Gasteiger partial charge in [-0.25, -0.2) is 4.39 Å². The lowest BCUT2D eigenvalue weighted by Crippen LogP contribution is -2.22. The van der Waals surface area contributed by atoms with Crippen molar-refractivity contribution in [1.29, 1.82) is 0 Å². The highest BCUT2D eigenvalue weighted by atomic mass is 32.2. The van der Waals surface area contributed by atoms with Gasteiger partial charge in [0, 0.05) is 17.6 Å². The Hall–Kier alpha value is -3.01. The molecule has 0 fully saturated rings. The van der Waals surface area contributed by atoms with Gasteiger partial charge in [0.1, 0.15) is 0 Å². The van der Waals surface area contributed by atoms with E-state index in [4.69, 9.17) is 0 Å². The third kappa shape index (κ3) is 3.47. The molecular formula is C17H14F2N4O3S. The molecule has 0 spiro atoms. The number of nitro groups is 1. The summed E-state index contributed by atoms with van der Waals surface area (Å²) in [5.74, 6) is -0.628. The van der Waals surface area contributed by atoms with E-state index < -0.39 is 22.0 Å². The maximum atomic E-state index is 14.2. The van der Waals surface area contributed by atoms with Crippen molar-refractivity contribution in [3.05, 3.63) is 73.8 Å². The molecule has 0 saturated carbocycles. The molecule has 27 heavy (non-hydrogen) atoms. The molecule has 0 bridgehead atoms. The van der Waals surface area contributed by atoms with Gasteiger partial charge in [-0.05, 0) is 32.1 Å². The summed E-state index contributed by atoms with van der Waals surface area (Å²) < 4.78 is 30.2. The Balaban J connectivity index is 2.21. The molecule has 0 atom stereocenters. The Bertz CT molecular complexity index is 1130. The van der Waals surface area contributed by atoms with E-state index in [9.17, 15) is 23.2 Å². The molecule has 3 heterocycles. The summed E-state index contributed by atoms with van der Waals surface area (Å²) in [7, 11) is 0. The molecule has 0 amide bonds. The van der Waals surface area contributed by atoms with Crippen LogP contribution in [-0.4, -0.2) is 18.4 Å². The number of halogens is 2. The summed E-state index contributed by atoms with van der Waals surface area (Å²) in [6.45, 7) is 3.49. The van der Waals surface area contributed by atoms with Crippen LogP contribution in [0.25, 0.3) is 17.0 Å². The fraction of sp³-hybridized carbons (Fsp3) is 0.176. The van der Waals surface area contributed by atoms with Crippen molar-refractivity contribution in [2.75, 3.05) is 0 Å². The van der Waals surface area contributed by atoms with Gasteiger partial charge in [-0.3, -0.25) is 23.9 Å². The minimum absolute atomic E-state index is 0.149. The average Bonchev–Trinajstić information content (AvgIpc) is 2.98. The topological polar surface area (TPSA) is 83.0 Å². The van der Waals surface area contributed by atoms with Gasteiger partial charge in [-0.15, -0.1) is 3.89 Å². The second kappa shape index (κ2) is 7.31. The number of pyridine rings is 2. The highest BCUT2D eigenvalue weighted by Gasteiger charge is 2.19. The number of allylic oxidation sites excluding steroid dienone is 1. The number of aromatic nitrogens is 3. The van der Waals surface area contributed by atoms with Crippen LogP contribution in [0.2, 0.25) is 0 Å². The Morgan fingerprint density at radius 1 is 1.44 bits per heavy atom. The van der Waals surface area contributed by atoms with E-state index >= 15 is 0 Å². The fourth-order valence-electron chi connectivity index (χ4n) is 2.76. The number of fused-ring (bicyclic) bond motifs is 1. The van der Waals surface area contributed by atoms with Crippen molar-refractivity contribution >= 4 is 35.0 Å². The molecule has 3 aromatic rings.